The third-order valence-corrected chi connectivity index (χ3v) is 3.52. The predicted octanol–water partition coefficient (Wildman–Crippen LogP) is 2.06. The first kappa shape index (κ1) is 12.8. The van der Waals surface area contributed by atoms with Crippen molar-refractivity contribution in [3.63, 3.8) is 0 Å². The van der Waals surface area contributed by atoms with E-state index in [4.69, 9.17) is 22.1 Å². The van der Waals surface area contributed by atoms with Gasteiger partial charge >= 0.3 is 0 Å². The minimum absolute atomic E-state index is 0.0576. The van der Waals surface area contributed by atoms with E-state index in [2.05, 4.69) is 17.9 Å². The quantitative estimate of drug-likeness (QED) is 0.898. The first-order chi connectivity index (χ1) is 8.26. The van der Waals surface area contributed by atoms with Crippen molar-refractivity contribution >= 4 is 11.6 Å². The summed E-state index contributed by atoms with van der Waals surface area (Å²) in [7, 11) is 0. The summed E-state index contributed by atoms with van der Waals surface area (Å²) in [5, 5.41) is 0.764. The third-order valence-electron chi connectivity index (χ3n) is 3.28. The lowest BCUT2D eigenvalue weighted by atomic mass is 9.98. The van der Waals surface area contributed by atoms with Crippen LogP contribution in [0.3, 0.4) is 0 Å². The Balaban J connectivity index is 2.29. The van der Waals surface area contributed by atoms with Crippen LogP contribution in [0, 0.1) is 0 Å². The maximum absolute atomic E-state index is 6.06. The Bertz CT molecular complexity index is 360. The molecular formula is C13H19ClN2O. The second-order valence-electron chi connectivity index (χ2n) is 4.27. The lowest BCUT2D eigenvalue weighted by molar-refractivity contribution is -0.0658. The molecule has 1 aromatic rings. The maximum atomic E-state index is 6.06. The smallest absolute Gasteiger partial charge is 0.0894 e. The zero-order valence-corrected chi connectivity index (χ0v) is 10.9. The van der Waals surface area contributed by atoms with Gasteiger partial charge in [-0.05, 0) is 24.2 Å². The van der Waals surface area contributed by atoms with Crippen molar-refractivity contribution in [2.75, 3.05) is 26.2 Å². The van der Waals surface area contributed by atoms with E-state index in [1.54, 1.807) is 0 Å². The largest absolute Gasteiger partial charge is 0.374 e. The molecule has 1 aromatic carbocycles. The summed E-state index contributed by atoms with van der Waals surface area (Å²) in [6.07, 6.45) is 0.0576. The van der Waals surface area contributed by atoms with Gasteiger partial charge in [0, 0.05) is 18.1 Å². The van der Waals surface area contributed by atoms with E-state index in [0.717, 1.165) is 24.7 Å². The van der Waals surface area contributed by atoms with Gasteiger partial charge in [-0.1, -0.05) is 30.7 Å². The maximum Gasteiger partial charge on any atom is 0.0894 e. The van der Waals surface area contributed by atoms with Gasteiger partial charge in [-0.15, -0.1) is 0 Å². The second-order valence-corrected chi connectivity index (χ2v) is 4.71. The van der Waals surface area contributed by atoms with Crippen LogP contribution in [0.1, 0.15) is 18.5 Å². The van der Waals surface area contributed by atoms with Crippen LogP contribution in [-0.2, 0) is 4.74 Å². The summed E-state index contributed by atoms with van der Waals surface area (Å²) < 4.78 is 5.76. The fourth-order valence-corrected chi connectivity index (χ4v) is 2.65. The number of hydrogen-bond acceptors (Lipinski definition) is 3. The predicted molar refractivity (Wildman–Crippen MR) is 70.2 cm³/mol. The average molecular weight is 255 g/mol. The van der Waals surface area contributed by atoms with E-state index < -0.39 is 0 Å². The van der Waals surface area contributed by atoms with E-state index in [-0.39, 0.29) is 12.1 Å². The van der Waals surface area contributed by atoms with Gasteiger partial charge in [0.15, 0.2) is 0 Å². The van der Waals surface area contributed by atoms with Gasteiger partial charge in [-0.25, -0.2) is 0 Å². The number of rotatable bonds is 3. The molecule has 0 saturated carbocycles. The number of likely N-dealkylation sites (N-methyl/N-ethyl adjacent to an activating group) is 1. The van der Waals surface area contributed by atoms with Crippen molar-refractivity contribution in [1.82, 2.24) is 4.90 Å². The van der Waals surface area contributed by atoms with Gasteiger partial charge in [0.2, 0.25) is 0 Å². The zero-order valence-electron chi connectivity index (χ0n) is 10.1. The van der Waals surface area contributed by atoms with Gasteiger partial charge in [-0.2, -0.15) is 0 Å². The lowest BCUT2D eigenvalue weighted by Crippen LogP contribution is -2.48. The molecule has 4 heteroatoms. The van der Waals surface area contributed by atoms with Crippen LogP contribution >= 0.6 is 11.6 Å². The zero-order chi connectivity index (χ0) is 12.3. The summed E-state index contributed by atoms with van der Waals surface area (Å²) in [5.41, 5.74) is 6.99. The lowest BCUT2D eigenvalue weighted by Gasteiger charge is -2.40. The van der Waals surface area contributed by atoms with Gasteiger partial charge in [-0.3, -0.25) is 4.90 Å². The molecule has 1 aliphatic rings. The molecule has 1 aliphatic heterocycles. The van der Waals surface area contributed by atoms with Gasteiger partial charge < -0.3 is 10.5 Å². The molecule has 1 saturated heterocycles. The molecule has 94 valence electrons. The van der Waals surface area contributed by atoms with Crippen LogP contribution in [0.2, 0.25) is 5.02 Å². The van der Waals surface area contributed by atoms with Crippen LogP contribution in [0.5, 0.6) is 0 Å². The van der Waals surface area contributed by atoms with Crippen LogP contribution in [0.15, 0.2) is 24.3 Å². The van der Waals surface area contributed by atoms with Crippen molar-refractivity contribution < 1.29 is 4.74 Å². The summed E-state index contributed by atoms with van der Waals surface area (Å²) in [4.78, 5) is 2.40. The highest BCUT2D eigenvalue weighted by Gasteiger charge is 2.31. The Morgan fingerprint density at radius 1 is 1.53 bits per heavy atom. The summed E-state index contributed by atoms with van der Waals surface area (Å²) in [5.74, 6) is 0. The van der Waals surface area contributed by atoms with Crippen molar-refractivity contribution in [1.29, 1.82) is 0 Å². The molecule has 3 nitrogen and oxygen atoms in total. The number of nitrogens with zero attached hydrogens (tertiary/aromatic N) is 1. The van der Waals surface area contributed by atoms with Gasteiger partial charge in [0.25, 0.3) is 0 Å². The molecule has 1 fully saturated rings. The van der Waals surface area contributed by atoms with Crippen LogP contribution < -0.4 is 5.73 Å². The highest BCUT2D eigenvalue weighted by atomic mass is 35.5. The van der Waals surface area contributed by atoms with Crippen molar-refractivity contribution in [2.45, 2.75) is 19.1 Å². The Labute approximate surface area is 107 Å². The number of nitrogens with two attached hydrogens (primary N) is 1. The van der Waals surface area contributed by atoms with Crippen LogP contribution in [0.25, 0.3) is 0 Å². The van der Waals surface area contributed by atoms with E-state index in [1.807, 2.05) is 18.2 Å². The number of benzene rings is 1. The summed E-state index contributed by atoms with van der Waals surface area (Å²) in [6, 6.07) is 8.19. The van der Waals surface area contributed by atoms with Crippen molar-refractivity contribution in [2.24, 2.45) is 5.73 Å². The highest BCUT2D eigenvalue weighted by molar-refractivity contribution is 6.30. The molecule has 0 aliphatic carbocycles. The fourth-order valence-electron chi connectivity index (χ4n) is 2.45. The second kappa shape index (κ2) is 5.83. The van der Waals surface area contributed by atoms with E-state index >= 15 is 0 Å². The van der Waals surface area contributed by atoms with Crippen LogP contribution in [0.4, 0.5) is 0 Å². The summed E-state index contributed by atoms with van der Waals surface area (Å²) >= 11 is 6.06. The molecule has 17 heavy (non-hydrogen) atoms. The monoisotopic (exact) mass is 254 g/mol. The standard InChI is InChI=1S/C13H19ClN2O/c1-2-16-6-7-17-12(9-15)13(16)10-4-3-5-11(14)8-10/h3-5,8,12-13H,2,6-7,9,15H2,1H3. The Morgan fingerprint density at radius 2 is 2.35 bits per heavy atom. The van der Waals surface area contributed by atoms with Gasteiger partial charge in [0.05, 0.1) is 18.8 Å². The number of hydrogen-bond donors (Lipinski definition) is 1. The molecule has 2 unspecified atom stereocenters. The molecule has 0 radical (unpaired) electrons. The fraction of sp³-hybridized carbons (Fsp3) is 0.538. The molecule has 0 spiro atoms. The minimum Gasteiger partial charge on any atom is -0.374 e. The molecule has 2 rings (SSSR count). The third kappa shape index (κ3) is 2.80. The highest BCUT2D eigenvalue weighted by Crippen LogP contribution is 2.30. The van der Waals surface area contributed by atoms with E-state index in [1.165, 1.54) is 5.56 Å². The molecular weight excluding hydrogens is 236 g/mol. The minimum atomic E-state index is 0.0576. The molecule has 0 amide bonds. The van der Waals surface area contributed by atoms with Crippen molar-refractivity contribution in [3.8, 4) is 0 Å². The van der Waals surface area contributed by atoms with E-state index in [9.17, 15) is 0 Å². The number of morpholine rings is 1. The van der Waals surface area contributed by atoms with Gasteiger partial charge in [0.1, 0.15) is 0 Å². The van der Waals surface area contributed by atoms with Crippen molar-refractivity contribution in [3.05, 3.63) is 34.9 Å². The van der Waals surface area contributed by atoms with Crippen LogP contribution in [-0.4, -0.2) is 37.2 Å². The molecule has 0 bridgehead atoms. The average Bonchev–Trinajstić information content (AvgIpc) is 2.37. The first-order valence-corrected chi connectivity index (χ1v) is 6.45. The van der Waals surface area contributed by atoms with E-state index in [0.29, 0.717) is 6.54 Å². The topological polar surface area (TPSA) is 38.5 Å². The Kier molecular flexibility index (Phi) is 4.40. The molecule has 2 N–H and O–H groups in total. The Morgan fingerprint density at radius 3 is 3.00 bits per heavy atom. The summed E-state index contributed by atoms with van der Waals surface area (Å²) in [6.45, 7) is 5.40. The first-order valence-electron chi connectivity index (χ1n) is 6.07. The number of ether oxygens (including phenoxy) is 1. The normalized spacial score (nSPS) is 26.1. The molecule has 1 heterocycles. The Hall–Kier alpha value is -0.610. The number of halogens is 1. The molecule has 0 aromatic heterocycles. The SMILES string of the molecule is CCN1CCOC(CN)C1c1cccc(Cl)c1. The molecule has 2 atom stereocenters.